The zero-order valence-electron chi connectivity index (χ0n) is 18.0. The van der Waals surface area contributed by atoms with Crippen LogP contribution in [-0.2, 0) is 21.5 Å². The minimum absolute atomic E-state index is 0.139. The highest BCUT2D eigenvalue weighted by Crippen LogP contribution is 2.34. The number of hydrogen-bond donors (Lipinski definition) is 1. The van der Waals surface area contributed by atoms with Crippen molar-refractivity contribution in [2.24, 2.45) is 0 Å². The van der Waals surface area contributed by atoms with Crippen LogP contribution in [0.1, 0.15) is 23.7 Å². The number of alkyl halides is 2. The number of nitrogens with one attached hydrogen (secondary N) is 1. The summed E-state index contributed by atoms with van der Waals surface area (Å²) in [5.74, 6) is -2.15. The van der Waals surface area contributed by atoms with Gasteiger partial charge in [-0.15, -0.1) is 0 Å². The molecule has 33 heavy (non-hydrogen) atoms. The van der Waals surface area contributed by atoms with Crippen molar-refractivity contribution in [3.8, 4) is 0 Å². The van der Waals surface area contributed by atoms with Gasteiger partial charge in [0.15, 0.2) is 5.54 Å². The van der Waals surface area contributed by atoms with Crippen LogP contribution in [0.25, 0.3) is 0 Å². The predicted molar refractivity (Wildman–Crippen MR) is 120 cm³/mol. The summed E-state index contributed by atoms with van der Waals surface area (Å²) >= 11 is 5.52. The van der Waals surface area contributed by atoms with Gasteiger partial charge in [-0.2, -0.15) is 0 Å². The van der Waals surface area contributed by atoms with Gasteiger partial charge in [0.1, 0.15) is 12.1 Å². The van der Waals surface area contributed by atoms with E-state index in [0.717, 1.165) is 4.90 Å². The highest BCUT2D eigenvalue weighted by Gasteiger charge is 2.47. The minimum atomic E-state index is -2.41. The van der Waals surface area contributed by atoms with Crippen molar-refractivity contribution < 1.29 is 18.4 Å². The Morgan fingerprint density at radius 3 is 2.52 bits per heavy atom. The largest absolute Gasteiger partial charge is 0.353 e. The number of pyridine rings is 1. The number of hydrogen-bond acceptors (Lipinski definition) is 5. The maximum absolute atomic E-state index is 14.1. The number of amides is 2. The second-order valence-corrected chi connectivity index (χ2v) is 7.85. The van der Waals surface area contributed by atoms with E-state index in [1.807, 2.05) is 0 Å². The molecule has 0 aliphatic rings. The van der Waals surface area contributed by atoms with Crippen LogP contribution in [0.4, 0.5) is 14.5 Å². The van der Waals surface area contributed by atoms with Crippen molar-refractivity contribution in [1.82, 2.24) is 20.3 Å². The van der Waals surface area contributed by atoms with Crippen molar-refractivity contribution >= 4 is 29.1 Å². The number of anilines is 1. The number of carbonyl (C=O) groups excluding carboxylic acids is 2. The summed E-state index contributed by atoms with van der Waals surface area (Å²) in [4.78, 5) is 39.4. The van der Waals surface area contributed by atoms with E-state index in [0.29, 0.717) is 17.7 Å². The summed E-state index contributed by atoms with van der Waals surface area (Å²) in [5, 5.41) is 2.75. The summed E-state index contributed by atoms with van der Waals surface area (Å²) in [7, 11) is 0. The molecule has 2 heterocycles. The summed E-state index contributed by atoms with van der Waals surface area (Å²) < 4.78 is 27.5. The Hall–Kier alpha value is -3.46. The highest BCUT2D eigenvalue weighted by atomic mass is 35.5. The summed E-state index contributed by atoms with van der Waals surface area (Å²) in [6.07, 6.45) is 5.69. The smallest absolute Gasteiger partial charge is 0.278 e. The molecule has 0 unspecified atom stereocenters. The maximum atomic E-state index is 14.1. The maximum Gasteiger partial charge on any atom is 0.278 e. The first kappa shape index (κ1) is 24.2. The number of aromatic nitrogens is 3. The molecule has 2 atom stereocenters. The normalized spacial score (nSPS) is 13.6. The lowest BCUT2D eigenvalue weighted by atomic mass is 9.90. The quantitative estimate of drug-likeness (QED) is 0.506. The molecular formula is C23H22ClF2N5O2. The third-order valence-corrected chi connectivity index (χ3v) is 5.35. The third kappa shape index (κ3) is 5.48. The second-order valence-electron chi connectivity index (χ2n) is 7.47. The molecule has 3 rings (SSSR count). The summed E-state index contributed by atoms with van der Waals surface area (Å²) in [6.45, 7) is 3.33. The van der Waals surface area contributed by atoms with Crippen LogP contribution in [0.3, 0.4) is 0 Å². The molecule has 0 spiro atoms. The number of rotatable bonds is 8. The van der Waals surface area contributed by atoms with E-state index >= 15 is 0 Å². The first-order valence-electron chi connectivity index (χ1n) is 10.1. The Morgan fingerprint density at radius 1 is 1.18 bits per heavy atom. The van der Waals surface area contributed by atoms with E-state index in [4.69, 9.17) is 11.6 Å². The molecule has 2 amide bonds. The zero-order chi connectivity index (χ0) is 24.0. The number of aryl methyl sites for hydroxylation is 1. The fourth-order valence-electron chi connectivity index (χ4n) is 3.39. The van der Waals surface area contributed by atoms with E-state index < -0.39 is 23.0 Å². The van der Waals surface area contributed by atoms with Crippen molar-refractivity contribution in [3.05, 3.63) is 84.0 Å². The highest BCUT2D eigenvalue weighted by molar-refractivity contribution is 6.32. The van der Waals surface area contributed by atoms with Crippen LogP contribution in [-0.4, -0.2) is 38.9 Å². The van der Waals surface area contributed by atoms with E-state index in [-0.39, 0.29) is 23.6 Å². The molecule has 0 radical (unpaired) electrons. The van der Waals surface area contributed by atoms with E-state index in [1.165, 1.54) is 44.0 Å². The predicted octanol–water partition coefficient (Wildman–Crippen LogP) is 3.46. The lowest BCUT2D eigenvalue weighted by Gasteiger charge is -2.40. The molecule has 0 saturated carbocycles. The van der Waals surface area contributed by atoms with Crippen molar-refractivity contribution in [2.75, 3.05) is 11.4 Å². The number of halogens is 3. The minimum Gasteiger partial charge on any atom is -0.353 e. The van der Waals surface area contributed by atoms with Crippen molar-refractivity contribution in [2.45, 2.75) is 31.4 Å². The van der Waals surface area contributed by atoms with Gasteiger partial charge in [-0.3, -0.25) is 19.5 Å². The molecule has 0 aliphatic carbocycles. The fourth-order valence-corrected chi connectivity index (χ4v) is 3.49. The number of carbonyl (C=O) groups is 2. The van der Waals surface area contributed by atoms with Crippen LogP contribution in [0.2, 0.25) is 0 Å². The van der Waals surface area contributed by atoms with Gasteiger partial charge in [-0.25, -0.2) is 18.7 Å². The van der Waals surface area contributed by atoms with Crippen LogP contribution in [0, 0.1) is 12.7 Å². The van der Waals surface area contributed by atoms with Crippen LogP contribution in [0.15, 0.2) is 61.3 Å². The average Bonchev–Trinajstić information content (AvgIpc) is 2.80. The Morgan fingerprint density at radius 2 is 1.91 bits per heavy atom. The van der Waals surface area contributed by atoms with Crippen molar-refractivity contribution in [3.63, 3.8) is 0 Å². The van der Waals surface area contributed by atoms with E-state index in [9.17, 15) is 18.4 Å². The first-order valence-corrected chi connectivity index (χ1v) is 10.5. The van der Waals surface area contributed by atoms with Gasteiger partial charge >= 0.3 is 0 Å². The first-order chi connectivity index (χ1) is 15.7. The van der Waals surface area contributed by atoms with E-state index in [1.54, 1.807) is 31.2 Å². The molecule has 1 aromatic carbocycles. The zero-order valence-corrected chi connectivity index (χ0v) is 18.8. The molecule has 1 N–H and O–H groups in total. The molecular weight excluding hydrogens is 452 g/mol. The summed E-state index contributed by atoms with van der Waals surface area (Å²) in [6, 6.07) is 9.17. The van der Waals surface area contributed by atoms with Gasteiger partial charge in [0.25, 0.3) is 17.4 Å². The topological polar surface area (TPSA) is 88.1 Å². The number of benzene rings is 1. The molecule has 3 aromatic rings. The molecule has 0 fully saturated rings. The standard InChI is InChI=1S/C23H22ClF2N5O2/c1-15-6-7-19(13-30-15)31(21(32)20(24)26)23(2,17-11-27-14-28-12-17)22(33)29-9-8-16-4-3-5-18(25)10-16/h3-7,10-14,20H,8-9H2,1-2H3,(H,29,33)/t20-,23+/m0/s1. The molecule has 0 aliphatic heterocycles. The molecule has 7 nitrogen and oxygen atoms in total. The lowest BCUT2D eigenvalue weighted by Crippen LogP contribution is -2.58. The third-order valence-electron chi connectivity index (χ3n) is 5.16. The number of nitrogens with zero attached hydrogens (tertiary/aromatic N) is 4. The molecule has 0 bridgehead atoms. The second kappa shape index (κ2) is 10.4. The van der Waals surface area contributed by atoms with Gasteiger partial charge in [-0.05, 0) is 50.1 Å². The lowest BCUT2D eigenvalue weighted by molar-refractivity contribution is -0.131. The molecule has 10 heteroatoms. The van der Waals surface area contributed by atoms with Crippen LogP contribution < -0.4 is 10.2 Å². The van der Waals surface area contributed by atoms with Gasteiger partial charge in [0.05, 0.1) is 11.9 Å². The fraction of sp³-hybridized carbons (Fsp3) is 0.261. The van der Waals surface area contributed by atoms with Crippen LogP contribution in [0.5, 0.6) is 0 Å². The monoisotopic (exact) mass is 473 g/mol. The average molecular weight is 474 g/mol. The molecule has 172 valence electrons. The van der Waals surface area contributed by atoms with Crippen LogP contribution >= 0.6 is 11.6 Å². The molecule has 2 aromatic heterocycles. The Kier molecular flexibility index (Phi) is 7.65. The van der Waals surface area contributed by atoms with Gasteiger partial charge in [-0.1, -0.05) is 23.7 Å². The van der Waals surface area contributed by atoms with Gasteiger partial charge in [0, 0.05) is 30.2 Å². The van der Waals surface area contributed by atoms with Gasteiger partial charge in [0.2, 0.25) is 0 Å². The Labute approximate surface area is 194 Å². The van der Waals surface area contributed by atoms with Crippen molar-refractivity contribution in [1.29, 1.82) is 0 Å². The Balaban J connectivity index is 1.99. The van der Waals surface area contributed by atoms with E-state index in [2.05, 4.69) is 20.3 Å². The molecule has 0 saturated heterocycles. The Bertz CT molecular complexity index is 1120. The SMILES string of the molecule is Cc1ccc(N(C(=O)[C@H](F)Cl)[C@@](C)(C(=O)NCCc2cccc(F)c2)c2cncnc2)cn1. The summed E-state index contributed by atoms with van der Waals surface area (Å²) in [5.41, 5.74) is -2.43. The van der Waals surface area contributed by atoms with Gasteiger partial charge < -0.3 is 5.32 Å².